The highest BCUT2D eigenvalue weighted by atomic mass is 16.6. The molecule has 394 valence electrons. The number of hydrogen-bond acceptors (Lipinski definition) is 6. The van der Waals surface area contributed by atoms with Gasteiger partial charge in [-0.05, 0) is 128 Å². The lowest BCUT2D eigenvalue weighted by Gasteiger charge is -2.18. The maximum Gasteiger partial charge on any atom is 0.306 e. The van der Waals surface area contributed by atoms with Gasteiger partial charge in [0.05, 0.1) is 0 Å². The molecule has 0 saturated carbocycles. The van der Waals surface area contributed by atoms with Gasteiger partial charge in [0.2, 0.25) is 0 Å². The standard InChI is InChI=1S/C65H98O6/c1-4-7-10-13-16-19-22-25-28-30-32-34-37-39-42-45-48-51-54-57-63(66)69-60-62(71-65(68)59-56-53-50-47-44-41-36-27-24-21-18-15-12-9-6-3)61-70-64(67)58-55-52-49-46-43-40-38-35-33-31-29-26-23-20-17-14-11-8-5-2/h7,9-10,12,16-21,25-29,32-36,39-40,42-43,48-49,51-52,62H,4-6,8,11,13-15,22-24,30-31,37-38,41,44-47,50,53-61H2,1-3H3/b10-7-,12-9-,19-16-,20-17-,21-18-,28-25-,29-26-,34-32-,35-33-,36-27-,42-39-,43-40-,51-48-,52-49-/t62-/m1/s1. The fraction of sp³-hybridized carbons (Fsp3) is 0.523. The van der Waals surface area contributed by atoms with Crippen LogP contribution >= 0.6 is 0 Å². The van der Waals surface area contributed by atoms with E-state index in [0.717, 1.165) is 122 Å². The van der Waals surface area contributed by atoms with E-state index in [9.17, 15) is 14.4 Å². The molecule has 0 aromatic carbocycles. The van der Waals surface area contributed by atoms with Crippen LogP contribution in [0.2, 0.25) is 0 Å². The van der Waals surface area contributed by atoms with Crippen LogP contribution in [0.3, 0.4) is 0 Å². The summed E-state index contributed by atoms with van der Waals surface area (Å²) in [6.45, 7) is 6.21. The Kier molecular flexibility index (Phi) is 53.1. The molecule has 0 spiro atoms. The molecule has 0 aliphatic rings. The molecular weight excluding hydrogens is 877 g/mol. The van der Waals surface area contributed by atoms with Crippen molar-refractivity contribution < 1.29 is 28.6 Å². The van der Waals surface area contributed by atoms with Gasteiger partial charge in [-0.2, -0.15) is 0 Å². The van der Waals surface area contributed by atoms with Gasteiger partial charge in [0, 0.05) is 19.3 Å². The molecular formula is C65H98O6. The molecule has 6 nitrogen and oxygen atoms in total. The molecule has 0 saturated heterocycles. The molecule has 0 bridgehead atoms. The second kappa shape index (κ2) is 57.3. The normalized spacial score (nSPS) is 13.5. The molecule has 0 rings (SSSR count). The molecule has 0 aliphatic carbocycles. The number of carbonyl (C=O) groups excluding carboxylic acids is 3. The maximum atomic E-state index is 12.8. The summed E-state index contributed by atoms with van der Waals surface area (Å²) in [4.78, 5) is 38.1. The van der Waals surface area contributed by atoms with Crippen molar-refractivity contribution >= 4 is 17.9 Å². The molecule has 0 heterocycles. The molecule has 0 aromatic rings. The summed E-state index contributed by atoms with van der Waals surface area (Å²) < 4.78 is 16.7. The molecule has 0 N–H and O–H groups in total. The van der Waals surface area contributed by atoms with Crippen molar-refractivity contribution in [2.24, 2.45) is 0 Å². The van der Waals surface area contributed by atoms with Crippen molar-refractivity contribution in [1.82, 2.24) is 0 Å². The Balaban J connectivity index is 4.67. The van der Waals surface area contributed by atoms with Crippen molar-refractivity contribution in [1.29, 1.82) is 0 Å². The minimum Gasteiger partial charge on any atom is -0.462 e. The van der Waals surface area contributed by atoms with Crippen LogP contribution in [-0.4, -0.2) is 37.2 Å². The zero-order valence-corrected chi connectivity index (χ0v) is 44.9. The van der Waals surface area contributed by atoms with Gasteiger partial charge in [0.15, 0.2) is 6.10 Å². The van der Waals surface area contributed by atoms with Gasteiger partial charge in [-0.25, -0.2) is 0 Å². The maximum absolute atomic E-state index is 12.8. The van der Waals surface area contributed by atoms with Gasteiger partial charge in [0.1, 0.15) is 13.2 Å². The third-order valence-electron chi connectivity index (χ3n) is 10.7. The van der Waals surface area contributed by atoms with E-state index in [4.69, 9.17) is 14.2 Å². The van der Waals surface area contributed by atoms with Crippen LogP contribution in [-0.2, 0) is 28.6 Å². The Morgan fingerprint density at radius 1 is 0.296 bits per heavy atom. The van der Waals surface area contributed by atoms with Gasteiger partial charge >= 0.3 is 17.9 Å². The number of hydrogen-bond donors (Lipinski definition) is 0. The zero-order valence-electron chi connectivity index (χ0n) is 44.9. The summed E-state index contributed by atoms with van der Waals surface area (Å²) in [6, 6.07) is 0. The minimum atomic E-state index is -0.858. The highest BCUT2D eigenvalue weighted by molar-refractivity contribution is 5.71. The number of unbranched alkanes of at least 4 members (excludes halogenated alkanes) is 8. The number of esters is 3. The lowest BCUT2D eigenvalue weighted by molar-refractivity contribution is -0.166. The molecule has 1 atom stereocenters. The van der Waals surface area contributed by atoms with E-state index in [1.165, 1.54) is 25.7 Å². The first-order valence-corrected chi connectivity index (χ1v) is 27.6. The quantitative estimate of drug-likeness (QED) is 0.0262. The Labute approximate surface area is 434 Å². The molecule has 71 heavy (non-hydrogen) atoms. The summed E-state index contributed by atoms with van der Waals surface area (Å²) >= 11 is 0. The van der Waals surface area contributed by atoms with Gasteiger partial charge in [-0.3, -0.25) is 14.4 Å². The molecule has 0 aliphatic heterocycles. The minimum absolute atomic E-state index is 0.157. The first kappa shape index (κ1) is 65.8. The largest absolute Gasteiger partial charge is 0.462 e. The second-order valence-corrected chi connectivity index (χ2v) is 17.4. The fourth-order valence-corrected chi connectivity index (χ4v) is 6.64. The zero-order chi connectivity index (χ0) is 51.4. The second-order valence-electron chi connectivity index (χ2n) is 17.4. The molecule has 0 radical (unpaired) electrons. The highest BCUT2D eigenvalue weighted by Crippen LogP contribution is 2.11. The smallest absolute Gasteiger partial charge is 0.306 e. The summed E-state index contributed by atoms with van der Waals surface area (Å²) in [5.74, 6) is -1.15. The van der Waals surface area contributed by atoms with Crippen molar-refractivity contribution in [3.63, 3.8) is 0 Å². The molecule has 0 amide bonds. The first-order chi connectivity index (χ1) is 35.0. The summed E-state index contributed by atoms with van der Waals surface area (Å²) in [7, 11) is 0. The molecule has 6 heteroatoms. The SMILES string of the molecule is CC/C=C\C/C=C\C/C=C\C/C=C\C/C=C\C/C=C\CCC(=O)OC[C@H](COC(=O)CC/C=C\C/C=C\C/C=C\C/C=C\C/C=C\CCCCC)OC(=O)CCCCCCC/C=C\C/C=C\C/C=C\CC. The van der Waals surface area contributed by atoms with Crippen molar-refractivity contribution in [3.05, 3.63) is 170 Å². The van der Waals surface area contributed by atoms with Crippen LogP contribution in [0.15, 0.2) is 170 Å². The van der Waals surface area contributed by atoms with Crippen LogP contribution in [0.1, 0.15) is 201 Å². The van der Waals surface area contributed by atoms with E-state index in [1.54, 1.807) is 0 Å². The lowest BCUT2D eigenvalue weighted by atomic mass is 10.1. The third-order valence-corrected chi connectivity index (χ3v) is 10.7. The van der Waals surface area contributed by atoms with E-state index in [0.29, 0.717) is 12.8 Å². The van der Waals surface area contributed by atoms with Gasteiger partial charge in [0.25, 0.3) is 0 Å². The van der Waals surface area contributed by atoms with Crippen LogP contribution in [0.4, 0.5) is 0 Å². The van der Waals surface area contributed by atoms with Gasteiger partial charge in [-0.1, -0.05) is 223 Å². The van der Waals surface area contributed by atoms with Crippen LogP contribution < -0.4 is 0 Å². The Morgan fingerprint density at radius 2 is 0.577 bits per heavy atom. The van der Waals surface area contributed by atoms with E-state index in [-0.39, 0.29) is 50.4 Å². The monoisotopic (exact) mass is 975 g/mol. The first-order valence-electron chi connectivity index (χ1n) is 27.6. The van der Waals surface area contributed by atoms with Crippen LogP contribution in [0, 0.1) is 0 Å². The third kappa shape index (κ3) is 55.6. The lowest BCUT2D eigenvalue weighted by Crippen LogP contribution is -2.30. The van der Waals surface area contributed by atoms with E-state index in [1.807, 2.05) is 24.3 Å². The van der Waals surface area contributed by atoms with Crippen molar-refractivity contribution in [2.45, 2.75) is 207 Å². The average molecular weight is 975 g/mol. The summed E-state index contributed by atoms with van der Waals surface area (Å²) in [5, 5.41) is 0. The average Bonchev–Trinajstić information content (AvgIpc) is 3.37. The number of ether oxygens (including phenoxy) is 3. The number of carbonyl (C=O) groups is 3. The molecule has 0 fully saturated rings. The van der Waals surface area contributed by atoms with E-state index < -0.39 is 6.10 Å². The van der Waals surface area contributed by atoms with Crippen molar-refractivity contribution in [3.8, 4) is 0 Å². The van der Waals surface area contributed by atoms with Gasteiger partial charge < -0.3 is 14.2 Å². The van der Waals surface area contributed by atoms with Crippen LogP contribution in [0.25, 0.3) is 0 Å². The predicted molar refractivity (Wildman–Crippen MR) is 306 cm³/mol. The molecule has 0 aromatic heterocycles. The fourth-order valence-electron chi connectivity index (χ4n) is 6.64. The molecule has 0 unspecified atom stereocenters. The summed E-state index contributed by atoms with van der Waals surface area (Å²) in [6.07, 6.45) is 85.0. The summed E-state index contributed by atoms with van der Waals surface area (Å²) in [5.41, 5.74) is 0. The Morgan fingerprint density at radius 3 is 0.915 bits per heavy atom. The van der Waals surface area contributed by atoms with E-state index in [2.05, 4.69) is 167 Å². The number of rotatable bonds is 47. The van der Waals surface area contributed by atoms with Crippen LogP contribution in [0.5, 0.6) is 0 Å². The van der Waals surface area contributed by atoms with Gasteiger partial charge in [-0.15, -0.1) is 0 Å². The van der Waals surface area contributed by atoms with Crippen molar-refractivity contribution in [2.75, 3.05) is 13.2 Å². The Bertz CT molecular complexity index is 1690. The topological polar surface area (TPSA) is 78.9 Å². The Hall–Kier alpha value is -5.23. The highest BCUT2D eigenvalue weighted by Gasteiger charge is 2.19. The predicted octanol–water partition coefficient (Wildman–Crippen LogP) is 18.8. The number of allylic oxidation sites excluding steroid dienone is 28. The van der Waals surface area contributed by atoms with E-state index >= 15 is 0 Å².